The second kappa shape index (κ2) is 14.4. The highest BCUT2D eigenvalue weighted by molar-refractivity contribution is 5.66. The first-order valence-corrected chi connectivity index (χ1v) is 12.1. The molecule has 2 nitrogen and oxygen atoms in total. The molecule has 0 unspecified atom stereocenters. The molecular weight excluding hydrogens is 416 g/mol. The maximum atomic E-state index is 11.3. The summed E-state index contributed by atoms with van der Waals surface area (Å²) in [6, 6.07) is 0. The molecule has 0 spiro atoms. The molecule has 0 aromatic heterocycles. The van der Waals surface area contributed by atoms with Crippen molar-refractivity contribution in [2.75, 3.05) is 0 Å². The molecule has 1 aliphatic rings. The molecule has 0 N–H and O–H groups in total. The zero-order chi connectivity index (χ0) is 25.7. The van der Waals surface area contributed by atoms with Crippen LogP contribution in [0.5, 0.6) is 0 Å². The van der Waals surface area contributed by atoms with Crippen molar-refractivity contribution < 1.29 is 9.53 Å². The van der Waals surface area contributed by atoms with Gasteiger partial charge in [-0.25, -0.2) is 0 Å². The third-order valence-electron chi connectivity index (χ3n) is 5.64. The SMILES string of the molecule is CC(=O)O[C@@H]1CC(C)=C(/C=C/C(C)=C/C=C/C(C)=C/C=C/C=C(C)/C=C/C=C(C)C)C(C)(C)C1. The van der Waals surface area contributed by atoms with Crippen molar-refractivity contribution in [2.45, 2.75) is 81.3 Å². The number of hydrogen-bond acceptors (Lipinski definition) is 2. The van der Waals surface area contributed by atoms with Gasteiger partial charge >= 0.3 is 5.97 Å². The maximum Gasteiger partial charge on any atom is 0.302 e. The van der Waals surface area contributed by atoms with Crippen LogP contribution in [0.1, 0.15) is 75.2 Å². The first-order chi connectivity index (χ1) is 15.9. The highest BCUT2D eigenvalue weighted by Gasteiger charge is 2.33. The van der Waals surface area contributed by atoms with Gasteiger partial charge in [0.2, 0.25) is 0 Å². The summed E-state index contributed by atoms with van der Waals surface area (Å²) in [7, 11) is 0. The molecule has 34 heavy (non-hydrogen) atoms. The monoisotopic (exact) mass is 460 g/mol. The molecule has 2 heteroatoms. The van der Waals surface area contributed by atoms with Crippen LogP contribution in [0.15, 0.2) is 106 Å². The van der Waals surface area contributed by atoms with Crippen LogP contribution in [-0.2, 0) is 9.53 Å². The lowest BCUT2D eigenvalue weighted by atomic mass is 9.71. The average Bonchev–Trinajstić information content (AvgIpc) is 2.69. The summed E-state index contributed by atoms with van der Waals surface area (Å²) in [6.45, 7) is 18.6. The number of allylic oxidation sites excluding steroid dienone is 17. The van der Waals surface area contributed by atoms with E-state index in [1.807, 2.05) is 0 Å². The van der Waals surface area contributed by atoms with E-state index in [-0.39, 0.29) is 17.5 Å². The Hall–Kier alpha value is -2.87. The van der Waals surface area contributed by atoms with Crippen LogP contribution in [0.4, 0.5) is 0 Å². The number of carbonyl (C=O) groups is 1. The van der Waals surface area contributed by atoms with E-state index in [1.54, 1.807) is 0 Å². The van der Waals surface area contributed by atoms with Gasteiger partial charge in [-0.3, -0.25) is 4.79 Å². The Balaban J connectivity index is 2.74. The average molecular weight is 461 g/mol. The first kappa shape index (κ1) is 29.2. The van der Waals surface area contributed by atoms with Crippen LogP contribution in [0.25, 0.3) is 0 Å². The van der Waals surface area contributed by atoms with Crippen molar-refractivity contribution in [3.8, 4) is 0 Å². The lowest BCUT2D eigenvalue weighted by molar-refractivity contribution is -0.147. The van der Waals surface area contributed by atoms with Crippen LogP contribution in [-0.4, -0.2) is 12.1 Å². The molecule has 0 aromatic carbocycles. The van der Waals surface area contributed by atoms with Crippen molar-refractivity contribution in [3.63, 3.8) is 0 Å². The summed E-state index contributed by atoms with van der Waals surface area (Å²) >= 11 is 0. The minimum Gasteiger partial charge on any atom is -0.462 e. The van der Waals surface area contributed by atoms with E-state index in [4.69, 9.17) is 4.74 Å². The third kappa shape index (κ3) is 11.8. The van der Waals surface area contributed by atoms with Crippen molar-refractivity contribution in [2.24, 2.45) is 5.41 Å². The van der Waals surface area contributed by atoms with Crippen molar-refractivity contribution in [3.05, 3.63) is 106 Å². The van der Waals surface area contributed by atoms with Gasteiger partial charge in [0.15, 0.2) is 0 Å². The molecule has 0 amide bonds. The second-order valence-electron chi connectivity index (χ2n) is 10.1. The lowest BCUT2D eigenvalue weighted by Gasteiger charge is -2.37. The highest BCUT2D eigenvalue weighted by Crippen LogP contribution is 2.42. The van der Waals surface area contributed by atoms with Crippen LogP contribution in [0, 0.1) is 5.41 Å². The van der Waals surface area contributed by atoms with Crippen LogP contribution in [0.3, 0.4) is 0 Å². The fourth-order valence-electron chi connectivity index (χ4n) is 4.01. The predicted octanol–water partition coefficient (Wildman–Crippen LogP) is 9.08. The first-order valence-electron chi connectivity index (χ1n) is 12.1. The van der Waals surface area contributed by atoms with Crippen LogP contribution >= 0.6 is 0 Å². The van der Waals surface area contributed by atoms with Gasteiger partial charge in [-0.15, -0.1) is 0 Å². The molecule has 0 saturated heterocycles. The smallest absolute Gasteiger partial charge is 0.302 e. The molecule has 0 bridgehead atoms. The summed E-state index contributed by atoms with van der Waals surface area (Å²) in [5, 5.41) is 0. The Morgan fingerprint density at radius 1 is 0.794 bits per heavy atom. The zero-order valence-electron chi connectivity index (χ0n) is 22.7. The molecule has 184 valence electrons. The van der Waals surface area contributed by atoms with Gasteiger partial charge in [-0.05, 0) is 59.0 Å². The summed E-state index contributed by atoms with van der Waals surface area (Å²) < 4.78 is 5.48. The van der Waals surface area contributed by atoms with E-state index in [0.29, 0.717) is 0 Å². The zero-order valence-corrected chi connectivity index (χ0v) is 22.7. The number of rotatable bonds is 9. The topological polar surface area (TPSA) is 26.3 Å². The quantitative estimate of drug-likeness (QED) is 0.253. The fraction of sp³-hybridized carbons (Fsp3) is 0.406. The van der Waals surface area contributed by atoms with Gasteiger partial charge in [0.25, 0.3) is 0 Å². The Kier molecular flexibility index (Phi) is 12.4. The normalized spacial score (nSPS) is 20.3. The Morgan fingerprint density at radius 3 is 1.79 bits per heavy atom. The minimum absolute atomic E-state index is 0.0189. The van der Waals surface area contributed by atoms with E-state index in [9.17, 15) is 4.79 Å². The van der Waals surface area contributed by atoms with Gasteiger partial charge in [0.1, 0.15) is 6.10 Å². The number of carbonyl (C=O) groups excluding carboxylic acids is 1. The van der Waals surface area contributed by atoms with Gasteiger partial charge in [0.05, 0.1) is 0 Å². The molecule has 1 atom stereocenters. The van der Waals surface area contributed by atoms with Crippen molar-refractivity contribution in [1.82, 2.24) is 0 Å². The van der Waals surface area contributed by atoms with E-state index in [0.717, 1.165) is 12.8 Å². The minimum atomic E-state index is -0.197. The Morgan fingerprint density at radius 2 is 1.29 bits per heavy atom. The van der Waals surface area contributed by atoms with Crippen LogP contribution < -0.4 is 0 Å². The van der Waals surface area contributed by atoms with Gasteiger partial charge in [-0.2, -0.15) is 0 Å². The molecule has 0 heterocycles. The predicted molar refractivity (Wildman–Crippen MR) is 149 cm³/mol. The molecular formula is C32H44O2. The van der Waals surface area contributed by atoms with E-state index >= 15 is 0 Å². The van der Waals surface area contributed by atoms with Gasteiger partial charge in [0, 0.05) is 13.3 Å². The van der Waals surface area contributed by atoms with Crippen LogP contribution in [0.2, 0.25) is 0 Å². The number of ether oxygens (including phenoxy) is 1. The second-order valence-corrected chi connectivity index (χ2v) is 10.1. The summed E-state index contributed by atoms with van der Waals surface area (Å²) in [5.41, 5.74) is 7.52. The largest absolute Gasteiger partial charge is 0.462 e. The summed E-state index contributed by atoms with van der Waals surface area (Å²) in [4.78, 5) is 11.3. The number of hydrogen-bond donors (Lipinski definition) is 0. The van der Waals surface area contributed by atoms with Crippen molar-refractivity contribution >= 4 is 5.97 Å². The summed E-state index contributed by atoms with van der Waals surface area (Å²) in [6.07, 6.45) is 27.0. The molecule has 0 saturated carbocycles. The van der Waals surface area contributed by atoms with Gasteiger partial charge < -0.3 is 4.74 Å². The maximum absolute atomic E-state index is 11.3. The van der Waals surface area contributed by atoms with E-state index in [2.05, 4.69) is 128 Å². The molecule has 1 aliphatic carbocycles. The van der Waals surface area contributed by atoms with Gasteiger partial charge in [-0.1, -0.05) is 115 Å². The Bertz CT molecular complexity index is 978. The molecule has 0 radical (unpaired) electrons. The molecule has 0 fully saturated rings. The Labute approximate surface area is 208 Å². The number of esters is 1. The molecule has 1 rings (SSSR count). The fourth-order valence-corrected chi connectivity index (χ4v) is 4.01. The lowest BCUT2D eigenvalue weighted by Crippen LogP contribution is -2.31. The summed E-state index contributed by atoms with van der Waals surface area (Å²) in [5.74, 6) is -0.197. The van der Waals surface area contributed by atoms with E-state index in [1.165, 1.54) is 40.4 Å². The van der Waals surface area contributed by atoms with E-state index < -0.39 is 0 Å². The van der Waals surface area contributed by atoms with Crippen molar-refractivity contribution in [1.29, 1.82) is 0 Å². The molecule has 0 aliphatic heterocycles. The standard InChI is InChI=1S/C32H44O2/c1-24(2)14-12-17-25(3)15-10-11-16-26(4)18-13-19-27(5)20-21-31-28(6)22-30(34-29(7)33)23-32(31,8)9/h10-21,30H,22-23H2,1-9H3/b11-10+,17-12+,18-13+,21-20+,25-15+,26-16+,27-19+/t30-/m1/s1. The molecule has 0 aromatic rings. The third-order valence-corrected chi connectivity index (χ3v) is 5.64. The highest BCUT2D eigenvalue weighted by atomic mass is 16.5.